The summed E-state index contributed by atoms with van der Waals surface area (Å²) in [4.78, 5) is 18.1. The molecule has 8 heavy (non-hydrogen) atoms. The molecule has 0 aromatic carbocycles. The second-order valence-electron chi connectivity index (χ2n) is 0.440. The van der Waals surface area contributed by atoms with Crippen molar-refractivity contribution in [1.29, 1.82) is 0 Å². The Kier molecular flexibility index (Phi) is 89.1. The van der Waals surface area contributed by atoms with Gasteiger partial charge in [-0.3, -0.25) is 0 Å². The molecule has 2 nitrogen and oxygen atoms in total. The van der Waals surface area contributed by atoms with Crippen LogP contribution in [-0.4, -0.2) is 52.8 Å². The fourth-order valence-corrected chi connectivity index (χ4v) is 0. The first-order valence-corrected chi connectivity index (χ1v) is 2.44. The molecular formula is CH3Cl2Mg2O2P. The maximum Gasteiger partial charge on any atom is 2.00 e. The first kappa shape index (κ1) is 31.4. The van der Waals surface area contributed by atoms with Crippen molar-refractivity contribution in [1.82, 2.24) is 0 Å². The Balaban J connectivity index is -0.00000000750. The van der Waals surface area contributed by atoms with E-state index in [1.807, 2.05) is 0 Å². The number of rotatable bonds is 0. The van der Waals surface area contributed by atoms with Gasteiger partial charge < -0.3 is 43.0 Å². The minimum Gasteiger partial charge on any atom is -1.00 e. The average molecular weight is 198 g/mol. The van der Waals surface area contributed by atoms with Crippen molar-refractivity contribution in [3.63, 3.8) is 0 Å². The molecule has 0 spiro atoms. The molecule has 0 heterocycles. The van der Waals surface area contributed by atoms with E-state index in [4.69, 9.17) is 9.79 Å². The largest absolute Gasteiger partial charge is 2.00 e. The molecular weight excluding hydrogens is 194 g/mol. The molecule has 0 saturated heterocycles. The van der Waals surface area contributed by atoms with E-state index in [9.17, 15) is 0 Å². The van der Waals surface area contributed by atoms with Crippen molar-refractivity contribution in [2.45, 2.75) is 0 Å². The fourth-order valence-electron chi connectivity index (χ4n) is 0. The van der Waals surface area contributed by atoms with Crippen LogP contribution in [0.25, 0.3) is 0 Å². The third kappa shape index (κ3) is 77.7. The Morgan fingerprint density at radius 2 is 1.00 bits per heavy atom. The summed E-state index contributed by atoms with van der Waals surface area (Å²) in [5.41, 5.74) is 0. The van der Waals surface area contributed by atoms with Crippen LogP contribution in [0.2, 0.25) is 0 Å². The van der Waals surface area contributed by atoms with Gasteiger partial charge in [-0.1, -0.05) is 6.66 Å². The first-order chi connectivity index (χ1) is 1.73. The zero-order valence-corrected chi connectivity index (χ0v) is 9.67. The molecule has 0 aliphatic carbocycles. The van der Waals surface area contributed by atoms with Crippen molar-refractivity contribution in [2.24, 2.45) is 0 Å². The maximum absolute atomic E-state index is 9.04. The summed E-state index contributed by atoms with van der Waals surface area (Å²) < 4.78 is 0. The fraction of sp³-hybridized carbons (Fsp3) is 1.00. The van der Waals surface area contributed by atoms with Crippen LogP contribution in [-0.2, 0) is 0 Å². The van der Waals surface area contributed by atoms with E-state index in [2.05, 4.69) is 0 Å². The van der Waals surface area contributed by atoms with Gasteiger partial charge in [0.15, 0.2) is 0 Å². The van der Waals surface area contributed by atoms with Gasteiger partial charge >= 0.3 is 46.1 Å². The SMILES string of the molecule is CP([O-])[O-].[Cl-].[Cl-].[Mg+2].[Mg+2]. The van der Waals surface area contributed by atoms with Gasteiger partial charge in [0.2, 0.25) is 0 Å². The van der Waals surface area contributed by atoms with Crippen LogP contribution >= 0.6 is 8.38 Å². The summed E-state index contributed by atoms with van der Waals surface area (Å²) in [6.45, 7) is 1.12. The van der Waals surface area contributed by atoms with Gasteiger partial charge in [0.05, 0.1) is 0 Å². The van der Waals surface area contributed by atoms with Gasteiger partial charge in [-0.25, -0.2) is 0 Å². The third-order valence-corrected chi connectivity index (χ3v) is 0. The molecule has 0 aromatic heterocycles. The smallest absolute Gasteiger partial charge is 1.00 e. The van der Waals surface area contributed by atoms with E-state index in [1.54, 1.807) is 0 Å². The summed E-state index contributed by atoms with van der Waals surface area (Å²) in [5, 5.41) is 0. The van der Waals surface area contributed by atoms with Gasteiger partial charge in [0.1, 0.15) is 0 Å². The van der Waals surface area contributed by atoms with E-state index >= 15 is 0 Å². The molecule has 0 amide bonds. The van der Waals surface area contributed by atoms with Crippen LogP contribution in [0.15, 0.2) is 0 Å². The van der Waals surface area contributed by atoms with Crippen LogP contribution < -0.4 is 34.6 Å². The van der Waals surface area contributed by atoms with E-state index < -0.39 is 8.38 Å². The summed E-state index contributed by atoms with van der Waals surface area (Å²) in [6, 6.07) is 0. The van der Waals surface area contributed by atoms with E-state index in [-0.39, 0.29) is 70.9 Å². The van der Waals surface area contributed by atoms with Gasteiger partial charge in [-0.2, -0.15) is 0 Å². The van der Waals surface area contributed by atoms with E-state index in [1.165, 1.54) is 0 Å². The average Bonchev–Trinajstić information content (AvgIpc) is 0.811. The van der Waals surface area contributed by atoms with Gasteiger partial charge in [0, 0.05) is 0 Å². The molecule has 0 aromatic rings. The topological polar surface area (TPSA) is 46.1 Å². The number of halogens is 2. The Labute approximate surface area is 94.8 Å². The van der Waals surface area contributed by atoms with Gasteiger partial charge in [0.25, 0.3) is 0 Å². The van der Waals surface area contributed by atoms with Crippen molar-refractivity contribution >= 4 is 54.5 Å². The van der Waals surface area contributed by atoms with Crippen molar-refractivity contribution < 1.29 is 34.6 Å². The zero-order valence-electron chi connectivity index (χ0n) is 4.43. The van der Waals surface area contributed by atoms with Gasteiger partial charge in [-0.15, -0.1) is 0 Å². The molecule has 0 aliphatic heterocycles. The molecule has 0 N–H and O–H groups in total. The summed E-state index contributed by atoms with van der Waals surface area (Å²) >= 11 is 0. The van der Waals surface area contributed by atoms with Crippen molar-refractivity contribution in [3.05, 3.63) is 0 Å². The molecule has 0 fully saturated rings. The molecule has 0 saturated carbocycles. The minimum atomic E-state index is -2.12. The van der Waals surface area contributed by atoms with E-state index in [0.717, 1.165) is 6.66 Å². The first-order valence-electron chi connectivity index (χ1n) is 0.812. The standard InChI is InChI=1S/CH3O2P.2ClH.2Mg/c1-4(2)3;;;;/h1H3;2*1H;;/q-2;;;2*+2/p-2. The number of hydrogen-bond acceptors (Lipinski definition) is 2. The predicted molar refractivity (Wildman–Crippen MR) is 24.4 cm³/mol. The Morgan fingerprint density at radius 1 is 1.00 bits per heavy atom. The molecule has 0 radical (unpaired) electrons. The van der Waals surface area contributed by atoms with Crippen LogP contribution in [0, 0.1) is 0 Å². The summed E-state index contributed by atoms with van der Waals surface area (Å²) in [7, 11) is -2.12. The Morgan fingerprint density at radius 3 is 1.00 bits per heavy atom. The normalized spacial score (nSPS) is 4.50. The molecule has 0 aliphatic rings. The van der Waals surface area contributed by atoms with Gasteiger partial charge in [-0.05, 0) is 0 Å². The Hall–Kier alpha value is 2.46. The number of hydrogen-bond donors (Lipinski definition) is 0. The maximum atomic E-state index is 9.04. The molecule has 0 atom stereocenters. The zero-order chi connectivity index (χ0) is 3.58. The summed E-state index contributed by atoms with van der Waals surface area (Å²) in [6.07, 6.45) is 0. The monoisotopic (exact) mass is 196 g/mol. The molecule has 0 unspecified atom stereocenters. The minimum absolute atomic E-state index is 0. The second kappa shape index (κ2) is 22.7. The van der Waals surface area contributed by atoms with Crippen LogP contribution in [0.5, 0.6) is 0 Å². The second-order valence-corrected chi connectivity index (χ2v) is 1.32. The molecule has 7 heteroatoms. The quantitative estimate of drug-likeness (QED) is 0.286. The van der Waals surface area contributed by atoms with Crippen LogP contribution in [0.3, 0.4) is 0 Å². The Bertz CT molecular complexity index is 22.8. The van der Waals surface area contributed by atoms with Crippen LogP contribution in [0.4, 0.5) is 0 Å². The predicted octanol–water partition coefficient (Wildman–Crippen LogP) is -8.10. The molecule has 0 rings (SSSR count). The molecule has 0 bridgehead atoms. The third-order valence-electron chi connectivity index (χ3n) is 0. The van der Waals surface area contributed by atoms with Crippen molar-refractivity contribution in [2.75, 3.05) is 6.66 Å². The molecule has 42 valence electrons. The summed E-state index contributed by atoms with van der Waals surface area (Å²) in [5.74, 6) is 0. The van der Waals surface area contributed by atoms with E-state index in [0.29, 0.717) is 0 Å². The van der Waals surface area contributed by atoms with Crippen molar-refractivity contribution in [3.8, 4) is 0 Å². The van der Waals surface area contributed by atoms with Crippen LogP contribution in [0.1, 0.15) is 0 Å².